The summed E-state index contributed by atoms with van der Waals surface area (Å²) in [6.45, 7) is 0. The Balaban J connectivity index is 2.16. The summed E-state index contributed by atoms with van der Waals surface area (Å²) >= 11 is 0. The van der Waals surface area contributed by atoms with Crippen LogP contribution in [0.25, 0.3) is 22.4 Å². The number of alkyl halides is 3. The van der Waals surface area contributed by atoms with E-state index in [1.165, 1.54) is 53.6 Å². The number of hydrogen-bond acceptors (Lipinski definition) is 6. The van der Waals surface area contributed by atoms with Crippen LogP contribution in [0.5, 0.6) is 5.75 Å². The fourth-order valence-electron chi connectivity index (χ4n) is 2.52. The Kier molecular flexibility index (Phi) is 5.03. The lowest BCUT2D eigenvalue weighted by atomic mass is 10.1. The Hall–Kier alpha value is -3.82. The predicted octanol–water partition coefficient (Wildman–Crippen LogP) is 2.45. The van der Waals surface area contributed by atoms with Gasteiger partial charge in [-0.25, -0.2) is 4.98 Å². The fraction of sp³-hybridized carbons (Fsp3) is 0.0556. The highest BCUT2D eigenvalue weighted by molar-refractivity contribution is 5.87. The van der Waals surface area contributed by atoms with E-state index in [4.69, 9.17) is 11.5 Å². The minimum Gasteiger partial charge on any atom is -0.406 e. The van der Waals surface area contributed by atoms with Crippen LogP contribution >= 0.6 is 0 Å². The molecule has 0 unspecified atom stereocenters. The lowest BCUT2D eigenvalue weighted by Gasteiger charge is -2.13. The summed E-state index contributed by atoms with van der Waals surface area (Å²) in [6.07, 6.45) is 3.74. The van der Waals surface area contributed by atoms with Crippen LogP contribution in [0.1, 0.15) is 5.56 Å². The molecule has 0 aliphatic carbocycles. The van der Waals surface area contributed by atoms with Gasteiger partial charge in [0, 0.05) is 35.5 Å². The molecule has 3 rings (SSSR count). The van der Waals surface area contributed by atoms with Gasteiger partial charge in [0.25, 0.3) is 5.56 Å². The minimum atomic E-state index is -4.81. The third-order valence-electron chi connectivity index (χ3n) is 3.68. The number of nitrogens with two attached hydrogens (primary N) is 2. The molecule has 0 fully saturated rings. The van der Waals surface area contributed by atoms with Gasteiger partial charge in [-0.1, -0.05) is 0 Å². The zero-order valence-electron chi connectivity index (χ0n) is 14.2. The number of halogens is 3. The maximum Gasteiger partial charge on any atom is 0.573 e. The Morgan fingerprint density at radius 2 is 1.75 bits per heavy atom. The molecule has 3 aromatic rings. The molecule has 1 aromatic carbocycles. The highest BCUT2D eigenvalue weighted by Gasteiger charge is 2.31. The van der Waals surface area contributed by atoms with E-state index < -0.39 is 17.7 Å². The van der Waals surface area contributed by atoms with Gasteiger partial charge in [0.15, 0.2) is 5.52 Å². The molecular weight excluding hydrogens is 375 g/mol. The smallest absolute Gasteiger partial charge is 0.406 e. The lowest BCUT2D eigenvalue weighted by Crippen LogP contribution is -2.21. The highest BCUT2D eigenvalue weighted by Crippen LogP contribution is 2.24. The average Bonchev–Trinajstić information content (AvgIpc) is 2.66. The van der Waals surface area contributed by atoms with E-state index in [2.05, 4.69) is 14.7 Å². The Morgan fingerprint density at radius 1 is 1.11 bits per heavy atom. The van der Waals surface area contributed by atoms with E-state index >= 15 is 0 Å². The SMILES string of the molecule is N/C=C\C=C(/N)c1cn(-c2ccc(OC(F)(F)F)cc2)c(=O)c2nccnc12. The molecule has 0 aliphatic rings. The van der Waals surface area contributed by atoms with Crippen molar-refractivity contribution in [2.45, 2.75) is 6.36 Å². The third-order valence-corrected chi connectivity index (χ3v) is 3.68. The van der Waals surface area contributed by atoms with Crippen LogP contribution < -0.4 is 21.8 Å². The molecule has 28 heavy (non-hydrogen) atoms. The van der Waals surface area contributed by atoms with E-state index in [0.29, 0.717) is 16.8 Å². The van der Waals surface area contributed by atoms with Crippen molar-refractivity contribution in [1.29, 1.82) is 0 Å². The Labute approximate surface area is 156 Å². The topological polar surface area (TPSA) is 109 Å². The maximum absolute atomic E-state index is 12.8. The molecule has 0 bridgehead atoms. The van der Waals surface area contributed by atoms with Gasteiger partial charge in [0.1, 0.15) is 11.3 Å². The van der Waals surface area contributed by atoms with Crippen molar-refractivity contribution >= 4 is 16.7 Å². The molecule has 7 nitrogen and oxygen atoms in total. The summed E-state index contributed by atoms with van der Waals surface area (Å²) < 4.78 is 42.0. The van der Waals surface area contributed by atoms with Crippen LogP contribution in [0.3, 0.4) is 0 Å². The highest BCUT2D eigenvalue weighted by atomic mass is 19.4. The summed E-state index contributed by atoms with van der Waals surface area (Å²) in [5.41, 5.74) is 12.2. The second-order valence-electron chi connectivity index (χ2n) is 5.52. The van der Waals surface area contributed by atoms with Crippen molar-refractivity contribution in [3.8, 4) is 11.4 Å². The van der Waals surface area contributed by atoms with Gasteiger partial charge in [-0.3, -0.25) is 14.3 Å². The van der Waals surface area contributed by atoms with Crippen molar-refractivity contribution in [2.24, 2.45) is 11.5 Å². The predicted molar refractivity (Wildman–Crippen MR) is 97.3 cm³/mol. The summed E-state index contributed by atoms with van der Waals surface area (Å²) in [6, 6.07) is 4.83. The molecule has 0 atom stereocenters. The zero-order valence-corrected chi connectivity index (χ0v) is 14.2. The summed E-state index contributed by atoms with van der Waals surface area (Å²) in [4.78, 5) is 21.0. The number of fused-ring (bicyclic) bond motifs is 1. The molecule has 0 radical (unpaired) electrons. The van der Waals surface area contributed by atoms with Crippen LogP contribution in [-0.2, 0) is 0 Å². The van der Waals surface area contributed by atoms with Crippen molar-refractivity contribution < 1.29 is 17.9 Å². The second-order valence-corrected chi connectivity index (χ2v) is 5.52. The normalized spacial score (nSPS) is 12.6. The Morgan fingerprint density at radius 3 is 2.36 bits per heavy atom. The van der Waals surface area contributed by atoms with Gasteiger partial charge in [0.05, 0.1) is 0 Å². The van der Waals surface area contributed by atoms with E-state index in [9.17, 15) is 18.0 Å². The first-order valence-electron chi connectivity index (χ1n) is 7.87. The number of pyridine rings is 1. The summed E-state index contributed by atoms with van der Waals surface area (Å²) in [5, 5.41) is 0. The van der Waals surface area contributed by atoms with Crippen molar-refractivity contribution in [1.82, 2.24) is 14.5 Å². The first-order valence-corrected chi connectivity index (χ1v) is 7.87. The van der Waals surface area contributed by atoms with Crippen LogP contribution in [0, 0.1) is 0 Å². The maximum atomic E-state index is 12.8. The minimum absolute atomic E-state index is 0.0590. The molecule has 0 amide bonds. The summed E-state index contributed by atoms with van der Waals surface area (Å²) in [5.74, 6) is -0.405. The van der Waals surface area contributed by atoms with Gasteiger partial charge in [-0.15, -0.1) is 13.2 Å². The second kappa shape index (κ2) is 7.43. The molecule has 0 saturated heterocycles. The number of hydrogen-bond donors (Lipinski definition) is 2. The molecule has 4 N–H and O–H groups in total. The summed E-state index contributed by atoms with van der Waals surface area (Å²) in [7, 11) is 0. The van der Waals surface area contributed by atoms with E-state index in [1.54, 1.807) is 0 Å². The van der Waals surface area contributed by atoms with Crippen LogP contribution in [0.4, 0.5) is 13.2 Å². The number of rotatable bonds is 4. The number of aromatic nitrogens is 3. The molecule has 0 spiro atoms. The molecule has 0 aliphatic heterocycles. The first-order chi connectivity index (χ1) is 13.3. The average molecular weight is 389 g/mol. The largest absolute Gasteiger partial charge is 0.573 e. The van der Waals surface area contributed by atoms with Gasteiger partial charge < -0.3 is 16.2 Å². The number of ether oxygens (including phenoxy) is 1. The quantitative estimate of drug-likeness (QED) is 0.664. The number of benzene rings is 1. The molecule has 2 aromatic heterocycles. The third kappa shape index (κ3) is 3.95. The van der Waals surface area contributed by atoms with Crippen LogP contribution in [-0.4, -0.2) is 20.9 Å². The van der Waals surface area contributed by atoms with E-state index in [1.807, 2.05) is 0 Å². The zero-order chi connectivity index (χ0) is 20.3. The fourth-order valence-corrected chi connectivity index (χ4v) is 2.52. The number of allylic oxidation sites excluding steroid dienone is 2. The molecule has 10 heteroatoms. The Bertz CT molecular complexity index is 1120. The lowest BCUT2D eigenvalue weighted by molar-refractivity contribution is -0.274. The van der Waals surface area contributed by atoms with Crippen LogP contribution in [0.15, 0.2) is 66.0 Å². The van der Waals surface area contributed by atoms with Gasteiger partial charge >= 0.3 is 6.36 Å². The van der Waals surface area contributed by atoms with E-state index in [0.717, 1.165) is 12.1 Å². The molecule has 0 saturated carbocycles. The van der Waals surface area contributed by atoms with Crippen LogP contribution in [0.2, 0.25) is 0 Å². The number of nitrogens with zero attached hydrogens (tertiary/aromatic N) is 3. The van der Waals surface area contributed by atoms with Crippen molar-refractivity contribution in [3.63, 3.8) is 0 Å². The van der Waals surface area contributed by atoms with Crippen molar-refractivity contribution in [2.75, 3.05) is 0 Å². The van der Waals surface area contributed by atoms with E-state index in [-0.39, 0.29) is 11.2 Å². The molecule has 144 valence electrons. The van der Waals surface area contributed by atoms with Gasteiger partial charge in [-0.05, 0) is 42.6 Å². The standard InChI is InChI=1S/C18H14F3N5O2/c19-18(20,21)28-12-5-3-11(4-6-12)26-10-13(14(23)2-1-7-22)15-16(17(26)27)25-9-8-24-15/h1-10H,22-23H2/b7-1-,14-2-. The first kappa shape index (κ1) is 19.0. The molecule has 2 heterocycles. The molecular formula is C18H14F3N5O2. The monoisotopic (exact) mass is 389 g/mol. The van der Waals surface area contributed by atoms with Crippen molar-refractivity contribution in [3.05, 3.63) is 77.1 Å². The van der Waals surface area contributed by atoms with Gasteiger partial charge in [0.2, 0.25) is 0 Å². The van der Waals surface area contributed by atoms with Gasteiger partial charge in [-0.2, -0.15) is 0 Å².